The van der Waals surface area contributed by atoms with Gasteiger partial charge in [0.05, 0.1) is 25.0 Å². The summed E-state index contributed by atoms with van der Waals surface area (Å²) in [5.41, 5.74) is 5.86. The number of benzene rings is 1. The average Bonchev–Trinajstić information content (AvgIpc) is 3.38. The van der Waals surface area contributed by atoms with Crippen molar-refractivity contribution in [2.75, 3.05) is 57.2 Å². The smallest absolute Gasteiger partial charge is 0.216 e. The van der Waals surface area contributed by atoms with Gasteiger partial charge in [0, 0.05) is 66.9 Å². The van der Waals surface area contributed by atoms with Crippen LogP contribution in [-0.4, -0.2) is 77.3 Å². The third-order valence-corrected chi connectivity index (χ3v) is 6.63. The zero-order chi connectivity index (χ0) is 24.5. The molecule has 0 saturated carbocycles. The second-order valence-corrected chi connectivity index (χ2v) is 9.65. The molecule has 9 nitrogen and oxygen atoms in total. The van der Waals surface area contributed by atoms with Gasteiger partial charge in [-0.15, -0.1) is 0 Å². The van der Waals surface area contributed by atoms with Crippen molar-refractivity contribution in [1.29, 1.82) is 0 Å². The summed E-state index contributed by atoms with van der Waals surface area (Å²) in [7, 11) is 4.17. The second kappa shape index (κ2) is 9.75. The summed E-state index contributed by atoms with van der Waals surface area (Å²) in [6.07, 6.45) is 9.75. The maximum atomic E-state index is 5.93. The van der Waals surface area contributed by atoms with Gasteiger partial charge in [0.1, 0.15) is 0 Å². The highest BCUT2D eigenvalue weighted by molar-refractivity contribution is 5.74. The van der Waals surface area contributed by atoms with Crippen LogP contribution >= 0.6 is 0 Å². The van der Waals surface area contributed by atoms with Gasteiger partial charge in [-0.05, 0) is 57.3 Å². The highest BCUT2D eigenvalue weighted by atomic mass is 16.5. The minimum Gasteiger partial charge on any atom is -0.477 e. The van der Waals surface area contributed by atoms with E-state index in [1.54, 1.807) is 6.20 Å². The molecule has 0 unspecified atom stereocenters. The highest BCUT2D eigenvalue weighted by Crippen LogP contribution is 2.30. The fourth-order valence-electron chi connectivity index (χ4n) is 4.90. The highest BCUT2D eigenvalue weighted by Gasteiger charge is 2.21. The topological polar surface area (TPSA) is 80.0 Å². The molecule has 0 spiro atoms. The Kier molecular flexibility index (Phi) is 6.16. The molecule has 0 amide bonds. The van der Waals surface area contributed by atoms with Gasteiger partial charge in [-0.1, -0.05) is 0 Å². The number of aromatic nitrogens is 4. The van der Waals surface area contributed by atoms with Crippen molar-refractivity contribution < 1.29 is 9.47 Å². The Morgan fingerprint density at radius 1 is 1.14 bits per heavy atom. The first-order chi connectivity index (χ1) is 17.6. The number of aryl methyl sites for hydroxylation is 1. The number of ether oxygens (including phenoxy) is 2. The van der Waals surface area contributed by atoms with Crippen molar-refractivity contribution in [3.8, 4) is 17.1 Å². The molecule has 1 fully saturated rings. The van der Waals surface area contributed by atoms with E-state index >= 15 is 0 Å². The Bertz CT molecular complexity index is 1350. The van der Waals surface area contributed by atoms with E-state index in [1.807, 2.05) is 23.0 Å². The molecule has 0 radical (unpaired) electrons. The van der Waals surface area contributed by atoms with E-state index in [1.165, 1.54) is 5.69 Å². The molecule has 9 heteroatoms. The summed E-state index contributed by atoms with van der Waals surface area (Å²) in [5.74, 6) is 1.44. The Morgan fingerprint density at radius 3 is 2.89 bits per heavy atom. The van der Waals surface area contributed by atoms with Crippen molar-refractivity contribution in [1.82, 2.24) is 24.3 Å². The maximum absolute atomic E-state index is 5.93. The second-order valence-electron chi connectivity index (χ2n) is 9.65. The third kappa shape index (κ3) is 4.72. The predicted octanol–water partition coefficient (Wildman–Crippen LogP) is 3.63. The van der Waals surface area contributed by atoms with Crippen LogP contribution in [0.3, 0.4) is 0 Å². The summed E-state index contributed by atoms with van der Waals surface area (Å²) in [4.78, 5) is 18.5. The Morgan fingerprint density at radius 2 is 2.03 bits per heavy atom. The number of hydrogen-bond donors (Lipinski definition) is 1. The van der Waals surface area contributed by atoms with Crippen LogP contribution in [0.4, 0.5) is 17.2 Å². The molecule has 1 atom stereocenters. The van der Waals surface area contributed by atoms with E-state index in [9.17, 15) is 0 Å². The molecule has 2 aliphatic rings. The van der Waals surface area contributed by atoms with Gasteiger partial charge in [-0.2, -0.15) is 0 Å². The number of nitrogens with one attached hydrogen (secondary N) is 1. The molecule has 1 saturated heterocycles. The average molecular weight is 486 g/mol. The molecule has 1 aromatic carbocycles. The van der Waals surface area contributed by atoms with Crippen LogP contribution in [0.5, 0.6) is 5.88 Å². The van der Waals surface area contributed by atoms with Crippen molar-refractivity contribution >= 4 is 22.8 Å². The lowest BCUT2D eigenvalue weighted by Crippen LogP contribution is -2.46. The third-order valence-electron chi connectivity index (χ3n) is 6.63. The summed E-state index contributed by atoms with van der Waals surface area (Å²) in [6, 6.07) is 10.6. The minimum absolute atomic E-state index is 0.219. The van der Waals surface area contributed by atoms with Crippen molar-refractivity contribution in [2.45, 2.75) is 18.9 Å². The van der Waals surface area contributed by atoms with Crippen molar-refractivity contribution in [3.63, 3.8) is 0 Å². The lowest BCUT2D eigenvalue weighted by atomic mass is 10.1. The molecule has 0 bridgehead atoms. The van der Waals surface area contributed by atoms with Crippen molar-refractivity contribution in [3.05, 3.63) is 60.7 Å². The number of anilines is 3. The number of nitrogens with zero attached hydrogens (tertiary/aromatic N) is 6. The number of fused-ring (bicyclic) bond motifs is 2. The Hall–Kier alpha value is -3.69. The number of hydrogen-bond acceptors (Lipinski definition) is 8. The quantitative estimate of drug-likeness (QED) is 0.444. The molecule has 0 aliphatic carbocycles. The molecule has 3 aromatic heterocycles. The molecular weight excluding hydrogens is 454 g/mol. The zero-order valence-corrected chi connectivity index (χ0v) is 20.7. The fourth-order valence-corrected chi connectivity index (χ4v) is 4.90. The molecule has 5 heterocycles. The maximum Gasteiger partial charge on any atom is 0.216 e. The van der Waals surface area contributed by atoms with Crippen LogP contribution in [0.1, 0.15) is 12.0 Å². The van der Waals surface area contributed by atoms with Crippen molar-refractivity contribution in [2.24, 2.45) is 0 Å². The first kappa shape index (κ1) is 22.8. The SMILES string of the molecule is CN(C)C[C@@H]1CN(c2ccc(Nc3nc(-c4cnc5c(c4)CCCO5)cn4ccnc34)cc2)CCO1. The normalized spacial score (nSPS) is 17.8. The zero-order valence-electron chi connectivity index (χ0n) is 20.7. The monoisotopic (exact) mass is 485 g/mol. The lowest BCUT2D eigenvalue weighted by molar-refractivity contribution is 0.0248. The molecule has 36 heavy (non-hydrogen) atoms. The van der Waals surface area contributed by atoms with E-state index in [-0.39, 0.29) is 6.10 Å². The number of pyridine rings is 1. The van der Waals surface area contributed by atoms with E-state index in [0.717, 1.165) is 79.7 Å². The van der Waals surface area contributed by atoms with Gasteiger partial charge in [0.2, 0.25) is 5.88 Å². The van der Waals surface area contributed by atoms with Gasteiger partial charge in [0.15, 0.2) is 11.5 Å². The molecule has 4 aromatic rings. The molecule has 6 rings (SSSR count). The molecule has 1 N–H and O–H groups in total. The number of likely N-dealkylation sites (N-methyl/N-ethyl adjacent to an activating group) is 1. The minimum atomic E-state index is 0.219. The van der Waals surface area contributed by atoms with E-state index in [2.05, 4.69) is 69.5 Å². The van der Waals surface area contributed by atoms with Gasteiger partial charge >= 0.3 is 0 Å². The summed E-state index contributed by atoms with van der Waals surface area (Å²) in [6.45, 7) is 4.19. The van der Waals surface area contributed by atoms with E-state index in [0.29, 0.717) is 5.82 Å². The molecule has 2 aliphatic heterocycles. The van der Waals surface area contributed by atoms with Crippen LogP contribution in [0.25, 0.3) is 16.9 Å². The fraction of sp³-hybridized carbons (Fsp3) is 0.370. The Labute approximate surface area is 210 Å². The summed E-state index contributed by atoms with van der Waals surface area (Å²) >= 11 is 0. The first-order valence-corrected chi connectivity index (χ1v) is 12.5. The van der Waals surface area contributed by atoms with Gasteiger partial charge in [-0.25, -0.2) is 15.0 Å². The first-order valence-electron chi connectivity index (χ1n) is 12.5. The lowest BCUT2D eigenvalue weighted by Gasteiger charge is -2.35. The summed E-state index contributed by atoms with van der Waals surface area (Å²) < 4.78 is 13.6. The standard InChI is InChI=1S/C27H31N7O2/c1-32(2)16-23-17-33(11-13-35-23)22-7-5-21(6-8-22)30-25-26-28-9-10-34(26)18-24(31-25)20-14-19-4-3-12-36-27(19)29-15-20/h5-10,14-15,18,23H,3-4,11-13,16-17H2,1-2H3,(H,30,31)/t23-/m1/s1. The number of imidazole rings is 1. The van der Waals surface area contributed by atoms with Gasteiger partial charge < -0.3 is 29.0 Å². The number of morpholine rings is 1. The van der Waals surface area contributed by atoms with Crippen LogP contribution in [0, 0.1) is 0 Å². The van der Waals surface area contributed by atoms with E-state index in [4.69, 9.17) is 14.5 Å². The van der Waals surface area contributed by atoms with Crippen LogP contribution in [0.2, 0.25) is 0 Å². The molecule has 186 valence electrons. The van der Waals surface area contributed by atoms with E-state index < -0.39 is 0 Å². The van der Waals surface area contributed by atoms with Gasteiger partial charge in [0.25, 0.3) is 0 Å². The Balaban J connectivity index is 1.24. The molecular formula is C27H31N7O2. The van der Waals surface area contributed by atoms with Crippen LogP contribution < -0.4 is 15.0 Å². The largest absolute Gasteiger partial charge is 0.477 e. The predicted molar refractivity (Wildman–Crippen MR) is 140 cm³/mol. The summed E-state index contributed by atoms with van der Waals surface area (Å²) in [5, 5.41) is 3.48. The van der Waals surface area contributed by atoms with Crippen LogP contribution in [0.15, 0.2) is 55.1 Å². The van der Waals surface area contributed by atoms with Gasteiger partial charge in [-0.3, -0.25) is 0 Å². The number of rotatable bonds is 6. The van der Waals surface area contributed by atoms with Crippen LogP contribution in [-0.2, 0) is 11.2 Å².